The van der Waals surface area contributed by atoms with Crippen molar-refractivity contribution < 1.29 is 27.5 Å². The zero-order valence-electron chi connectivity index (χ0n) is 19.9. The average Bonchev–Trinajstić information content (AvgIpc) is 2.88. The number of nitrogens with one attached hydrogen (secondary N) is 3. The van der Waals surface area contributed by atoms with E-state index in [0.29, 0.717) is 47.3 Å². The maximum absolute atomic E-state index is 13.4. The number of anilines is 1. The van der Waals surface area contributed by atoms with Gasteiger partial charge in [-0.1, -0.05) is 41.9 Å². The van der Waals surface area contributed by atoms with Gasteiger partial charge in [0.05, 0.1) is 12.6 Å². The van der Waals surface area contributed by atoms with Crippen LogP contribution < -0.4 is 16.0 Å². The topological polar surface area (TPSA) is 92.3 Å². The van der Waals surface area contributed by atoms with Gasteiger partial charge >= 0.3 is 12.3 Å². The summed E-state index contributed by atoms with van der Waals surface area (Å²) in [6.07, 6.45) is -2.84. The highest BCUT2D eigenvalue weighted by Crippen LogP contribution is 2.35. The molecule has 11 heteroatoms. The number of rotatable bonds is 6. The highest BCUT2D eigenvalue weighted by Gasteiger charge is 2.34. The van der Waals surface area contributed by atoms with E-state index in [4.69, 9.17) is 11.6 Å². The van der Waals surface area contributed by atoms with Gasteiger partial charge in [0.15, 0.2) is 0 Å². The number of fused-ring (bicyclic) bond motifs is 1. The lowest BCUT2D eigenvalue weighted by Gasteiger charge is -2.31. The van der Waals surface area contributed by atoms with Crippen LogP contribution in [0.4, 0.5) is 23.7 Å². The summed E-state index contributed by atoms with van der Waals surface area (Å²) in [4.78, 5) is 28.6. The van der Waals surface area contributed by atoms with Crippen LogP contribution in [-0.2, 0) is 15.7 Å². The van der Waals surface area contributed by atoms with Gasteiger partial charge < -0.3 is 20.7 Å². The molecule has 1 aliphatic carbocycles. The number of hydrogen-bond acceptors (Lipinski definition) is 5. The number of alkyl carbamates (subject to hydrolysis) is 1. The first-order valence-electron chi connectivity index (χ1n) is 11.8. The van der Waals surface area contributed by atoms with Crippen LogP contribution in [0.2, 0.25) is 5.02 Å². The molecule has 1 fully saturated rings. The minimum atomic E-state index is -4.58. The molecular weight excluding hydrogens is 509 g/mol. The summed E-state index contributed by atoms with van der Waals surface area (Å²) in [6.45, 7) is 0. The summed E-state index contributed by atoms with van der Waals surface area (Å²) in [5, 5.41) is 9.69. The number of alkyl halides is 3. The number of methoxy groups -OCH3 is 1. The lowest BCUT2D eigenvalue weighted by atomic mass is 9.90. The predicted octanol–water partition coefficient (Wildman–Crippen LogP) is 5.84. The molecule has 4 rings (SSSR count). The molecule has 3 aromatic rings. The number of carbonyl (C=O) groups excluding carboxylic acids is 2. The maximum atomic E-state index is 13.4. The summed E-state index contributed by atoms with van der Waals surface area (Å²) < 4.78 is 44.9. The van der Waals surface area contributed by atoms with E-state index in [0.717, 1.165) is 6.07 Å². The standard InChI is InChI=1S/C26H26ClF3N4O3/c1-37-25(36)34-23(15-5-3-2-4-6-15)24(35)32-18-10-8-17(9-11-18)31-21-14-22(26(28,29)30)33-20-12-7-16(27)13-19(20)21/h2-7,12-14,17-18,23H,8-11H2,1H3,(H,31,33)(H,32,35)(H,34,36)/t17?,18?,23-/m1/s1. The van der Waals surface area contributed by atoms with Crippen LogP contribution in [-0.4, -0.2) is 36.2 Å². The molecule has 1 aromatic heterocycles. The van der Waals surface area contributed by atoms with Gasteiger partial charge in [0.2, 0.25) is 5.91 Å². The van der Waals surface area contributed by atoms with Crippen LogP contribution in [0.1, 0.15) is 43.0 Å². The fourth-order valence-corrected chi connectivity index (χ4v) is 4.64. The van der Waals surface area contributed by atoms with Crippen molar-refractivity contribution in [3.8, 4) is 0 Å². The van der Waals surface area contributed by atoms with Gasteiger partial charge in [0, 0.05) is 28.2 Å². The summed E-state index contributed by atoms with van der Waals surface area (Å²) >= 11 is 6.09. The van der Waals surface area contributed by atoms with Crippen molar-refractivity contribution in [2.45, 2.75) is 50.0 Å². The quantitative estimate of drug-likeness (QED) is 0.369. The summed E-state index contributed by atoms with van der Waals surface area (Å²) in [5.74, 6) is -0.363. The minimum absolute atomic E-state index is 0.100. The zero-order valence-corrected chi connectivity index (χ0v) is 20.7. The second kappa shape index (κ2) is 11.2. The van der Waals surface area contributed by atoms with E-state index in [1.165, 1.54) is 19.2 Å². The molecule has 1 saturated carbocycles. The highest BCUT2D eigenvalue weighted by molar-refractivity contribution is 6.31. The predicted molar refractivity (Wildman–Crippen MR) is 134 cm³/mol. The monoisotopic (exact) mass is 534 g/mol. The normalized spacial score (nSPS) is 18.6. The third kappa shape index (κ3) is 6.62. The Bertz CT molecular complexity index is 1270. The smallest absolute Gasteiger partial charge is 0.433 e. The number of pyridine rings is 1. The molecule has 1 atom stereocenters. The Morgan fingerprint density at radius 3 is 2.35 bits per heavy atom. The minimum Gasteiger partial charge on any atom is -0.453 e. The number of aromatic nitrogens is 1. The van der Waals surface area contributed by atoms with Gasteiger partial charge in [-0.15, -0.1) is 0 Å². The number of halogens is 4. The van der Waals surface area contributed by atoms with Gasteiger partial charge in [0.1, 0.15) is 11.7 Å². The van der Waals surface area contributed by atoms with E-state index in [1.807, 2.05) is 6.07 Å². The number of benzene rings is 2. The van der Waals surface area contributed by atoms with Gasteiger partial charge in [-0.05, 0) is 55.5 Å². The van der Waals surface area contributed by atoms with Crippen LogP contribution in [0.5, 0.6) is 0 Å². The molecule has 0 bridgehead atoms. The Kier molecular flexibility index (Phi) is 8.06. The van der Waals surface area contributed by atoms with Gasteiger partial charge in [0.25, 0.3) is 0 Å². The molecule has 0 spiro atoms. The van der Waals surface area contributed by atoms with Gasteiger partial charge in [-0.2, -0.15) is 13.2 Å². The van der Waals surface area contributed by atoms with E-state index >= 15 is 0 Å². The average molecular weight is 535 g/mol. The third-order valence-electron chi connectivity index (χ3n) is 6.34. The van der Waals surface area contributed by atoms with Crippen LogP contribution in [0.25, 0.3) is 10.9 Å². The summed E-state index contributed by atoms with van der Waals surface area (Å²) in [5.41, 5.74) is 0.159. The van der Waals surface area contributed by atoms with Crippen molar-refractivity contribution in [1.29, 1.82) is 0 Å². The molecule has 0 saturated heterocycles. The third-order valence-corrected chi connectivity index (χ3v) is 6.57. The number of nitrogens with zero attached hydrogens (tertiary/aromatic N) is 1. The number of ether oxygens (including phenoxy) is 1. The molecule has 3 N–H and O–H groups in total. The van der Waals surface area contributed by atoms with Crippen molar-refractivity contribution in [2.24, 2.45) is 0 Å². The second-order valence-corrected chi connectivity index (χ2v) is 9.33. The van der Waals surface area contributed by atoms with Gasteiger partial charge in [-0.3, -0.25) is 4.79 Å². The van der Waals surface area contributed by atoms with Crippen LogP contribution in [0.15, 0.2) is 54.6 Å². The molecule has 2 aromatic carbocycles. The molecule has 37 heavy (non-hydrogen) atoms. The maximum Gasteiger partial charge on any atom is 0.433 e. The summed E-state index contributed by atoms with van der Waals surface area (Å²) in [7, 11) is 1.22. The number of amides is 2. The van der Waals surface area contributed by atoms with Crippen LogP contribution in [0.3, 0.4) is 0 Å². The zero-order chi connectivity index (χ0) is 26.6. The van der Waals surface area contributed by atoms with Crippen molar-refractivity contribution in [2.75, 3.05) is 12.4 Å². The van der Waals surface area contributed by atoms with Crippen molar-refractivity contribution >= 4 is 40.2 Å². The second-order valence-electron chi connectivity index (χ2n) is 8.90. The Hall–Kier alpha value is -3.53. The molecule has 1 heterocycles. The summed E-state index contributed by atoms with van der Waals surface area (Å²) in [6, 6.07) is 13.2. The molecule has 0 radical (unpaired) electrons. The molecular formula is C26H26ClF3N4O3. The van der Waals surface area contributed by atoms with Crippen LogP contribution in [0, 0.1) is 0 Å². The first kappa shape index (κ1) is 26.5. The largest absolute Gasteiger partial charge is 0.453 e. The molecule has 0 unspecified atom stereocenters. The fraction of sp³-hybridized carbons (Fsp3) is 0.346. The highest BCUT2D eigenvalue weighted by atomic mass is 35.5. The first-order chi connectivity index (χ1) is 17.6. The van der Waals surface area contributed by atoms with E-state index in [2.05, 4.69) is 25.7 Å². The Morgan fingerprint density at radius 2 is 1.70 bits per heavy atom. The first-order valence-corrected chi connectivity index (χ1v) is 12.2. The molecule has 2 amide bonds. The molecule has 196 valence electrons. The Labute approximate surface area is 216 Å². The fourth-order valence-electron chi connectivity index (χ4n) is 4.47. The lowest BCUT2D eigenvalue weighted by Crippen LogP contribution is -2.46. The van der Waals surface area contributed by atoms with Crippen molar-refractivity contribution in [1.82, 2.24) is 15.6 Å². The molecule has 7 nitrogen and oxygen atoms in total. The van der Waals surface area contributed by atoms with Crippen molar-refractivity contribution in [3.05, 3.63) is 70.9 Å². The number of carbonyl (C=O) groups is 2. The SMILES string of the molecule is COC(=O)N[C@@H](C(=O)NC1CCC(Nc2cc(C(F)(F)F)nc3ccc(Cl)cc23)CC1)c1ccccc1. The molecule has 1 aliphatic rings. The van der Waals surface area contributed by atoms with Crippen LogP contribution >= 0.6 is 11.6 Å². The van der Waals surface area contributed by atoms with E-state index in [9.17, 15) is 22.8 Å². The lowest BCUT2D eigenvalue weighted by molar-refractivity contribution is -0.140. The number of hydrogen-bond donors (Lipinski definition) is 3. The van der Waals surface area contributed by atoms with E-state index < -0.39 is 24.0 Å². The van der Waals surface area contributed by atoms with Gasteiger partial charge in [-0.25, -0.2) is 9.78 Å². The van der Waals surface area contributed by atoms with Crippen molar-refractivity contribution in [3.63, 3.8) is 0 Å². The van der Waals surface area contributed by atoms with E-state index in [1.54, 1.807) is 30.3 Å². The Balaban J connectivity index is 1.43. The Morgan fingerprint density at radius 1 is 1.03 bits per heavy atom. The molecule has 0 aliphatic heterocycles. The van der Waals surface area contributed by atoms with E-state index in [-0.39, 0.29) is 23.5 Å².